The Morgan fingerprint density at radius 2 is 1.78 bits per heavy atom. The van der Waals surface area contributed by atoms with Crippen LogP contribution in [0.5, 0.6) is 0 Å². The maximum atomic E-state index is 13.4. The average molecular weight is 280 g/mol. The fraction of sp³-hybridized carbons (Fsp3) is 1.00. The highest BCUT2D eigenvalue weighted by Gasteiger charge is 2.57. The van der Waals surface area contributed by atoms with Gasteiger partial charge in [-0.1, -0.05) is 6.42 Å². The van der Waals surface area contributed by atoms with Crippen LogP contribution in [0.1, 0.15) is 38.5 Å². The predicted octanol–water partition coefficient (Wildman–Crippen LogP) is 2.93. The molecular formula is C12H18F2O3S. The van der Waals surface area contributed by atoms with Gasteiger partial charge in [-0.2, -0.15) is 17.2 Å². The Hall–Kier alpha value is -0.230. The van der Waals surface area contributed by atoms with E-state index in [0.29, 0.717) is 17.8 Å². The summed E-state index contributed by atoms with van der Waals surface area (Å²) in [5, 5.41) is -3.98. The zero-order valence-corrected chi connectivity index (χ0v) is 10.9. The van der Waals surface area contributed by atoms with E-state index in [4.69, 9.17) is 4.55 Å². The minimum absolute atomic E-state index is 0.230. The summed E-state index contributed by atoms with van der Waals surface area (Å²) < 4.78 is 56.8. The quantitative estimate of drug-likeness (QED) is 0.809. The van der Waals surface area contributed by atoms with Gasteiger partial charge in [-0.05, 0) is 55.3 Å². The summed E-state index contributed by atoms with van der Waals surface area (Å²) in [5.74, 6) is 1.78. The molecule has 18 heavy (non-hydrogen) atoms. The third-order valence-corrected chi connectivity index (χ3v) is 6.36. The van der Waals surface area contributed by atoms with Crippen LogP contribution in [0.15, 0.2) is 0 Å². The molecule has 5 atom stereocenters. The number of alkyl halides is 2. The highest BCUT2D eigenvalue weighted by atomic mass is 32.2. The lowest BCUT2D eigenvalue weighted by Gasteiger charge is -2.32. The first-order chi connectivity index (χ1) is 8.29. The lowest BCUT2D eigenvalue weighted by Crippen LogP contribution is -2.34. The highest BCUT2D eigenvalue weighted by Crippen LogP contribution is 2.62. The Morgan fingerprint density at radius 3 is 2.44 bits per heavy atom. The normalized spacial score (nSPS) is 43.4. The molecule has 3 aliphatic carbocycles. The summed E-state index contributed by atoms with van der Waals surface area (Å²) in [6.07, 6.45) is 4.52. The van der Waals surface area contributed by atoms with E-state index in [1.54, 1.807) is 0 Å². The minimum Gasteiger partial charge on any atom is -0.281 e. The monoisotopic (exact) mass is 280 g/mol. The van der Waals surface area contributed by atoms with Crippen molar-refractivity contribution in [1.29, 1.82) is 0 Å². The molecule has 1 N–H and O–H groups in total. The SMILES string of the molecule is O=S(=O)(O)C(F)(F)CC1CC2CC1C1CCCC21. The molecule has 0 amide bonds. The van der Waals surface area contributed by atoms with Gasteiger partial charge in [0.05, 0.1) is 0 Å². The van der Waals surface area contributed by atoms with Crippen molar-refractivity contribution in [2.75, 3.05) is 0 Å². The fourth-order valence-electron chi connectivity index (χ4n) is 4.86. The number of hydrogen-bond donors (Lipinski definition) is 1. The molecule has 0 aromatic carbocycles. The maximum Gasteiger partial charge on any atom is 0.370 e. The zero-order chi connectivity index (χ0) is 13.1. The third-order valence-electron chi connectivity index (χ3n) is 5.44. The second-order valence-electron chi connectivity index (χ2n) is 6.23. The second-order valence-corrected chi connectivity index (χ2v) is 7.78. The van der Waals surface area contributed by atoms with Gasteiger partial charge in [-0.25, -0.2) is 0 Å². The lowest BCUT2D eigenvalue weighted by atomic mass is 9.74. The van der Waals surface area contributed by atoms with Crippen molar-refractivity contribution in [1.82, 2.24) is 0 Å². The first kappa shape index (κ1) is 12.8. The summed E-state index contributed by atoms with van der Waals surface area (Å²) in [7, 11) is -5.26. The van der Waals surface area contributed by atoms with Gasteiger partial charge in [-0.15, -0.1) is 0 Å². The molecule has 3 nitrogen and oxygen atoms in total. The summed E-state index contributed by atoms with van der Waals surface area (Å²) >= 11 is 0. The summed E-state index contributed by atoms with van der Waals surface area (Å²) in [6, 6.07) is 0. The topological polar surface area (TPSA) is 54.4 Å². The molecule has 0 radical (unpaired) electrons. The van der Waals surface area contributed by atoms with E-state index in [-0.39, 0.29) is 11.8 Å². The van der Waals surface area contributed by atoms with Gasteiger partial charge >= 0.3 is 15.4 Å². The summed E-state index contributed by atoms with van der Waals surface area (Å²) in [6.45, 7) is 0. The Labute approximate surface area is 106 Å². The smallest absolute Gasteiger partial charge is 0.281 e. The molecule has 6 heteroatoms. The highest BCUT2D eigenvalue weighted by molar-refractivity contribution is 7.86. The molecule has 0 heterocycles. The van der Waals surface area contributed by atoms with Crippen molar-refractivity contribution in [2.45, 2.75) is 43.8 Å². The molecular weight excluding hydrogens is 262 g/mol. The van der Waals surface area contributed by atoms with Gasteiger partial charge in [0.25, 0.3) is 0 Å². The third kappa shape index (κ3) is 1.80. The molecule has 0 aromatic rings. The van der Waals surface area contributed by atoms with E-state index >= 15 is 0 Å². The van der Waals surface area contributed by atoms with Crippen LogP contribution in [0.2, 0.25) is 0 Å². The van der Waals surface area contributed by atoms with E-state index < -0.39 is 21.8 Å². The van der Waals surface area contributed by atoms with E-state index in [0.717, 1.165) is 19.3 Å². The molecule has 3 fully saturated rings. The van der Waals surface area contributed by atoms with E-state index in [2.05, 4.69) is 0 Å². The Bertz CT molecular complexity index is 448. The van der Waals surface area contributed by atoms with E-state index in [1.165, 1.54) is 12.8 Å². The number of hydrogen-bond acceptors (Lipinski definition) is 2. The van der Waals surface area contributed by atoms with Crippen LogP contribution in [0.4, 0.5) is 8.78 Å². The molecule has 3 aliphatic rings. The van der Waals surface area contributed by atoms with Crippen LogP contribution >= 0.6 is 0 Å². The van der Waals surface area contributed by atoms with Crippen LogP contribution < -0.4 is 0 Å². The van der Waals surface area contributed by atoms with Crippen molar-refractivity contribution in [3.05, 3.63) is 0 Å². The lowest BCUT2D eigenvalue weighted by molar-refractivity contribution is 0.0309. The first-order valence-corrected chi connectivity index (χ1v) is 8.08. The van der Waals surface area contributed by atoms with Crippen LogP contribution in [-0.2, 0) is 10.1 Å². The second kappa shape index (κ2) is 3.88. The maximum absolute atomic E-state index is 13.4. The Balaban J connectivity index is 1.73. The van der Waals surface area contributed by atoms with Crippen molar-refractivity contribution in [3.63, 3.8) is 0 Å². The number of halogens is 2. The molecule has 3 saturated carbocycles. The number of fused-ring (bicyclic) bond motifs is 5. The zero-order valence-electron chi connectivity index (χ0n) is 10.1. The van der Waals surface area contributed by atoms with Crippen molar-refractivity contribution in [2.24, 2.45) is 29.6 Å². The van der Waals surface area contributed by atoms with Crippen molar-refractivity contribution >= 4 is 10.1 Å². The summed E-state index contributed by atoms with van der Waals surface area (Å²) in [5.41, 5.74) is 0. The fourth-order valence-corrected chi connectivity index (χ4v) is 5.28. The molecule has 3 rings (SSSR count). The molecule has 2 bridgehead atoms. The standard InChI is InChI=1S/C12H18F2O3S/c13-12(14,18(15,16)17)6-8-4-7-5-11(8)10-3-1-2-9(7)10/h7-11H,1-6H2,(H,15,16,17). The van der Waals surface area contributed by atoms with Gasteiger partial charge in [-0.3, -0.25) is 4.55 Å². The van der Waals surface area contributed by atoms with Crippen molar-refractivity contribution < 1.29 is 21.8 Å². The van der Waals surface area contributed by atoms with E-state index in [1.807, 2.05) is 0 Å². The largest absolute Gasteiger partial charge is 0.370 e. The molecule has 5 unspecified atom stereocenters. The van der Waals surface area contributed by atoms with Gasteiger partial charge in [0.2, 0.25) is 0 Å². The molecule has 104 valence electrons. The minimum atomic E-state index is -5.26. The number of rotatable bonds is 3. The average Bonchev–Trinajstić information content (AvgIpc) is 2.82. The van der Waals surface area contributed by atoms with Gasteiger partial charge < -0.3 is 0 Å². The van der Waals surface area contributed by atoms with E-state index in [9.17, 15) is 17.2 Å². The summed E-state index contributed by atoms with van der Waals surface area (Å²) in [4.78, 5) is 0. The van der Waals surface area contributed by atoms with Crippen LogP contribution in [0, 0.1) is 29.6 Å². The van der Waals surface area contributed by atoms with Gasteiger partial charge in [0.15, 0.2) is 0 Å². The van der Waals surface area contributed by atoms with Crippen LogP contribution in [0.3, 0.4) is 0 Å². The molecule has 0 aromatic heterocycles. The van der Waals surface area contributed by atoms with Crippen LogP contribution in [-0.4, -0.2) is 18.2 Å². The first-order valence-electron chi connectivity index (χ1n) is 6.64. The van der Waals surface area contributed by atoms with Crippen molar-refractivity contribution in [3.8, 4) is 0 Å². The predicted molar refractivity (Wildman–Crippen MR) is 61.6 cm³/mol. The Kier molecular flexibility index (Phi) is 2.76. The van der Waals surface area contributed by atoms with Crippen LogP contribution in [0.25, 0.3) is 0 Å². The Morgan fingerprint density at radius 1 is 1.11 bits per heavy atom. The molecule has 0 aliphatic heterocycles. The van der Waals surface area contributed by atoms with Gasteiger partial charge in [0, 0.05) is 6.42 Å². The van der Waals surface area contributed by atoms with Gasteiger partial charge in [0.1, 0.15) is 0 Å². The molecule has 0 spiro atoms. The molecule has 0 saturated heterocycles.